The number of nitrogens with one attached hydrogen (secondary N) is 1. The lowest BCUT2D eigenvalue weighted by Crippen LogP contribution is -2.22. The van der Waals surface area contributed by atoms with Gasteiger partial charge in [0.2, 0.25) is 0 Å². The second-order valence-corrected chi connectivity index (χ2v) is 6.53. The molecule has 0 atom stereocenters. The highest BCUT2D eigenvalue weighted by Gasteiger charge is 2.26. The van der Waals surface area contributed by atoms with Crippen molar-refractivity contribution in [3.05, 3.63) is 73.8 Å². The van der Waals surface area contributed by atoms with Crippen molar-refractivity contribution in [1.29, 1.82) is 0 Å². The minimum atomic E-state index is -0.915. The lowest BCUT2D eigenvalue weighted by Gasteiger charge is -2.14. The first kappa shape index (κ1) is 21.6. The summed E-state index contributed by atoms with van der Waals surface area (Å²) >= 11 is 17.1. The number of aliphatic hydroxyl groups is 1. The van der Waals surface area contributed by atoms with Crippen LogP contribution in [0.15, 0.2) is 48.0 Å². The smallest absolute Gasteiger partial charge is 0.344 e. The minimum absolute atomic E-state index is 0.0259. The van der Waals surface area contributed by atoms with Gasteiger partial charge in [0.25, 0.3) is 5.69 Å². The molecule has 0 aromatic heterocycles. The van der Waals surface area contributed by atoms with Crippen LogP contribution in [0, 0.1) is 10.1 Å². The second kappa shape index (κ2) is 9.50. The number of carbonyl (C=O) groups excluding carboxylic acids is 1. The molecule has 0 aliphatic heterocycles. The molecule has 2 aromatic carbocycles. The molecule has 0 spiro atoms. The van der Waals surface area contributed by atoms with Gasteiger partial charge in [-0.15, -0.1) is 0 Å². The summed E-state index contributed by atoms with van der Waals surface area (Å²) in [6, 6.07) is 10.8. The molecule has 0 aliphatic carbocycles. The summed E-state index contributed by atoms with van der Waals surface area (Å²) in [5, 5.41) is 24.3. The molecule has 0 heterocycles. The zero-order valence-corrected chi connectivity index (χ0v) is 16.8. The van der Waals surface area contributed by atoms with Crippen molar-refractivity contribution in [3.63, 3.8) is 0 Å². The Hall–Kier alpha value is -2.68. The molecule has 0 bridgehead atoms. The first-order valence-electron chi connectivity index (χ1n) is 7.86. The van der Waals surface area contributed by atoms with Crippen LogP contribution in [0.5, 0.6) is 0 Å². The molecule has 146 valence electrons. The van der Waals surface area contributed by atoms with Crippen molar-refractivity contribution in [3.8, 4) is 0 Å². The van der Waals surface area contributed by atoms with Gasteiger partial charge in [0.15, 0.2) is 0 Å². The van der Waals surface area contributed by atoms with Gasteiger partial charge in [-0.3, -0.25) is 10.1 Å². The Morgan fingerprint density at radius 1 is 1.25 bits per heavy atom. The fraction of sp³-hybridized carbons (Fsp3) is 0.111. The molecular weight excluding hydrogens is 427 g/mol. The number of thiocarbonyl (C=S) groups is 1. The molecule has 7 nitrogen and oxygen atoms in total. The van der Waals surface area contributed by atoms with Gasteiger partial charge in [-0.2, -0.15) is 0 Å². The van der Waals surface area contributed by atoms with Crippen LogP contribution >= 0.6 is 35.4 Å². The predicted octanol–water partition coefficient (Wildman–Crippen LogP) is 5.17. The normalized spacial score (nSPS) is 11.4. The van der Waals surface area contributed by atoms with Gasteiger partial charge < -0.3 is 15.2 Å². The van der Waals surface area contributed by atoms with Crippen LogP contribution in [0.3, 0.4) is 0 Å². The fourth-order valence-electron chi connectivity index (χ4n) is 2.21. The maximum atomic E-state index is 12.4. The summed E-state index contributed by atoms with van der Waals surface area (Å²) in [7, 11) is 0. The molecule has 0 radical (unpaired) electrons. The summed E-state index contributed by atoms with van der Waals surface area (Å²) in [5.74, 6) is -1.58. The summed E-state index contributed by atoms with van der Waals surface area (Å²) in [5.41, 5.74) is -0.495. The van der Waals surface area contributed by atoms with Crippen LogP contribution in [-0.2, 0) is 9.53 Å². The summed E-state index contributed by atoms with van der Waals surface area (Å²) in [4.78, 5) is 22.7. The van der Waals surface area contributed by atoms with E-state index in [2.05, 4.69) is 5.32 Å². The second-order valence-electron chi connectivity index (χ2n) is 5.30. The summed E-state index contributed by atoms with van der Waals surface area (Å²) in [6.07, 6.45) is 0. The van der Waals surface area contributed by atoms with E-state index in [0.29, 0.717) is 5.69 Å². The van der Waals surface area contributed by atoms with Gasteiger partial charge in [0.05, 0.1) is 16.6 Å². The highest BCUT2D eigenvalue weighted by molar-refractivity contribution is 7.81. The maximum Gasteiger partial charge on any atom is 0.344 e. The third kappa shape index (κ3) is 4.98. The number of anilines is 1. The number of esters is 1. The molecule has 0 saturated carbocycles. The van der Waals surface area contributed by atoms with Crippen molar-refractivity contribution in [1.82, 2.24) is 0 Å². The van der Waals surface area contributed by atoms with E-state index in [0.717, 1.165) is 12.1 Å². The zero-order valence-electron chi connectivity index (χ0n) is 14.4. The number of ether oxygens (including phenoxy) is 1. The molecule has 28 heavy (non-hydrogen) atoms. The first-order chi connectivity index (χ1) is 13.3. The van der Waals surface area contributed by atoms with Crippen molar-refractivity contribution in [2.75, 3.05) is 11.9 Å². The standard InChI is InChI=1S/C18H14Cl2N2O5S/c1-2-27-18(24)15(17(28)21-10-6-4-3-5-7-10)16(23)11-8-14(22(25)26)13(20)9-12(11)19/h3-9,23H,2H2,1H3,(H,21,28)/b16-15+. The summed E-state index contributed by atoms with van der Waals surface area (Å²) in [6.45, 7) is 1.61. The molecule has 0 saturated heterocycles. The van der Waals surface area contributed by atoms with Gasteiger partial charge >= 0.3 is 5.97 Å². The largest absolute Gasteiger partial charge is 0.506 e. The average molecular weight is 441 g/mol. The fourth-order valence-corrected chi connectivity index (χ4v) is 3.05. The van der Waals surface area contributed by atoms with E-state index in [9.17, 15) is 20.0 Å². The van der Waals surface area contributed by atoms with E-state index in [1.807, 2.05) is 0 Å². The molecule has 0 fully saturated rings. The van der Waals surface area contributed by atoms with Gasteiger partial charge in [-0.25, -0.2) is 4.79 Å². The number of rotatable bonds is 6. The molecular formula is C18H14Cl2N2O5S. The van der Waals surface area contributed by atoms with E-state index in [-0.39, 0.29) is 32.8 Å². The van der Waals surface area contributed by atoms with Crippen molar-refractivity contribution < 1.29 is 19.6 Å². The average Bonchev–Trinajstić information content (AvgIpc) is 2.62. The van der Waals surface area contributed by atoms with E-state index in [1.165, 1.54) is 0 Å². The maximum absolute atomic E-state index is 12.4. The van der Waals surface area contributed by atoms with Crippen molar-refractivity contribution in [2.24, 2.45) is 0 Å². The highest BCUT2D eigenvalue weighted by atomic mass is 35.5. The number of hydrogen-bond donors (Lipinski definition) is 2. The third-order valence-corrected chi connectivity index (χ3v) is 4.39. The Morgan fingerprint density at radius 2 is 1.89 bits per heavy atom. The topological polar surface area (TPSA) is 102 Å². The van der Waals surface area contributed by atoms with Gasteiger partial charge in [0.1, 0.15) is 21.3 Å². The Kier molecular flexibility index (Phi) is 7.33. The molecule has 2 aromatic rings. The number of para-hydroxylation sites is 1. The van der Waals surface area contributed by atoms with Crippen LogP contribution in [-0.4, -0.2) is 27.6 Å². The number of halogens is 2. The number of aliphatic hydroxyl groups excluding tert-OH is 1. The van der Waals surface area contributed by atoms with Crippen LogP contribution < -0.4 is 5.32 Å². The Balaban J connectivity index is 2.59. The van der Waals surface area contributed by atoms with Gasteiger partial charge in [0, 0.05) is 17.3 Å². The number of nitrogens with zero attached hydrogens (tertiary/aromatic N) is 1. The van der Waals surface area contributed by atoms with E-state index in [4.69, 9.17) is 40.2 Å². The molecule has 10 heteroatoms. The molecule has 0 unspecified atom stereocenters. The molecule has 2 rings (SSSR count). The SMILES string of the molecule is CCOC(=O)/C(C(=S)Nc1ccccc1)=C(/O)c1cc([N+](=O)[O-])c(Cl)cc1Cl. The van der Waals surface area contributed by atoms with Crippen molar-refractivity contribution in [2.45, 2.75) is 6.92 Å². The number of carbonyl (C=O) groups is 1. The van der Waals surface area contributed by atoms with Crippen LogP contribution in [0.2, 0.25) is 10.0 Å². The molecule has 2 N–H and O–H groups in total. The highest BCUT2D eigenvalue weighted by Crippen LogP contribution is 2.35. The monoisotopic (exact) mass is 440 g/mol. The first-order valence-corrected chi connectivity index (χ1v) is 9.03. The lowest BCUT2D eigenvalue weighted by molar-refractivity contribution is -0.384. The number of nitro groups is 1. The van der Waals surface area contributed by atoms with Crippen LogP contribution in [0.1, 0.15) is 12.5 Å². The third-order valence-electron chi connectivity index (χ3n) is 3.46. The Labute approximate surface area is 175 Å². The quantitative estimate of drug-likeness (QED) is 0.159. The minimum Gasteiger partial charge on any atom is -0.506 e. The molecule has 0 amide bonds. The van der Waals surface area contributed by atoms with Crippen LogP contribution in [0.25, 0.3) is 5.76 Å². The number of nitro benzene ring substituents is 1. The van der Waals surface area contributed by atoms with Gasteiger partial charge in [-0.05, 0) is 25.1 Å². The molecule has 0 aliphatic rings. The number of benzene rings is 2. The van der Waals surface area contributed by atoms with Gasteiger partial charge in [-0.1, -0.05) is 53.6 Å². The van der Waals surface area contributed by atoms with Crippen LogP contribution in [0.4, 0.5) is 11.4 Å². The zero-order chi connectivity index (χ0) is 20.8. The van der Waals surface area contributed by atoms with E-state index in [1.54, 1.807) is 37.3 Å². The lowest BCUT2D eigenvalue weighted by atomic mass is 10.1. The Bertz CT molecular complexity index is 964. The van der Waals surface area contributed by atoms with E-state index < -0.39 is 22.3 Å². The Morgan fingerprint density at radius 3 is 2.46 bits per heavy atom. The number of hydrogen-bond acceptors (Lipinski definition) is 6. The predicted molar refractivity (Wildman–Crippen MR) is 112 cm³/mol. The van der Waals surface area contributed by atoms with E-state index >= 15 is 0 Å². The van der Waals surface area contributed by atoms with Crippen molar-refractivity contribution >= 4 is 63.5 Å². The summed E-state index contributed by atoms with van der Waals surface area (Å²) < 4.78 is 4.96.